The number of nitrogens with zero attached hydrogens (tertiary/aromatic N) is 2. The summed E-state index contributed by atoms with van der Waals surface area (Å²) >= 11 is 0. The molecule has 1 heterocycles. The molecule has 2 aromatic rings. The number of hydrogen-bond acceptors (Lipinski definition) is 3. The van der Waals surface area contributed by atoms with Crippen molar-refractivity contribution in [3.63, 3.8) is 0 Å². The van der Waals surface area contributed by atoms with E-state index in [9.17, 15) is 5.11 Å². The van der Waals surface area contributed by atoms with Crippen molar-refractivity contribution < 1.29 is 5.11 Å². The molecule has 3 heteroatoms. The van der Waals surface area contributed by atoms with Gasteiger partial charge in [0.2, 0.25) is 0 Å². The van der Waals surface area contributed by atoms with Crippen LogP contribution in [-0.2, 0) is 0 Å². The normalized spacial score (nSPS) is 12.2. The molecule has 16 heavy (non-hydrogen) atoms. The first-order valence-electron chi connectivity index (χ1n) is 5.18. The van der Waals surface area contributed by atoms with Gasteiger partial charge >= 0.3 is 0 Å². The van der Waals surface area contributed by atoms with Crippen LogP contribution in [0.4, 0.5) is 0 Å². The van der Waals surface area contributed by atoms with Gasteiger partial charge in [-0.05, 0) is 17.7 Å². The van der Waals surface area contributed by atoms with E-state index in [1.165, 1.54) is 0 Å². The van der Waals surface area contributed by atoms with E-state index < -0.39 is 0 Å². The molecule has 1 aromatic carbocycles. The van der Waals surface area contributed by atoms with Gasteiger partial charge in [-0.2, -0.15) is 5.26 Å². The standard InChI is InChI=1S/C13H12N2O/c14-7-5-10(9-16)11-6-8-15-13-4-2-1-3-12(11)13/h1-4,6,8,10,16H,5,9H2/t10-/m1/s1. The number of pyridine rings is 1. The Balaban J connectivity index is 2.55. The molecule has 0 aliphatic rings. The minimum atomic E-state index is -0.127. The quantitative estimate of drug-likeness (QED) is 0.848. The van der Waals surface area contributed by atoms with Gasteiger partial charge < -0.3 is 5.11 Å². The predicted molar refractivity (Wildman–Crippen MR) is 61.8 cm³/mol. The molecule has 1 atom stereocenters. The number of para-hydroxylation sites is 1. The minimum Gasteiger partial charge on any atom is -0.396 e. The second-order valence-corrected chi connectivity index (χ2v) is 3.66. The second kappa shape index (κ2) is 4.73. The fraction of sp³-hybridized carbons (Fsp3) is 0.231. The van der Waals surface area contributed by atoms with Crippen molar-refractivity contribution in [1.82, 2.24) is 4.98 Å². The van der Waals surface area contributed by atoms with E-state index in [0.29, 0.717) is 6.42 Å². The Morgan fingerprint density at radius 1 is 1.31 bits per heavy atom. The molecular weight excluding hydrogens is 200 g/mol. The Kier molecular flexibility index (Phi) is 3.13. The molecule has 0 saturated carbocycles. The fourth-order valence-electron chi connectivity index (χ4n) is 1.86. The van der Waals surface area contributed by atoms with Crippen LogP contribution < -0.4 is 0 Å². The van der Waals surface area contributed by atoms with E-state index in [1.807, 2.05) is 30.3 Å². The van der Waals surface area contributed by atoms with E-state index in [1.54, 1.807) is 6.20 Å². The number of aromatic nitrogens is 1. The van der Waals surface area contributed by atoms with E-state index in [2.05, 4.69) is 11.1 Å². The Bertz CT molecular complexity index is 525. The predicted octanol–water partition coefficient (Wildman–Crippen LogP) is 2.22. The van der Waals surface area contributed by atoms with Crippen molar-refractivity contribution in [2.45, 2.75) is 12.3 Å². The first-order chi connectivity index (χ1) is 7.86. The zero-order valence-electron chi connectivity index (χ0n) is 8.80. The van der Waals surface area contributed by atoms with Crippen LogP contribution in [-0.4, -0.2) is 16.7 Å². The van der Waals surface area contributed by atoms with Crippen LogP contribution in [0.5, 0.6) is 0 Å². The lowest BCUT2D eigenvalue weighted by Crippen LogP contribution is -2.04. The number of hydrogen-bond donors (Lipinski definition) is 1. The maximum absolute atomic E-state index is 9.30. The molecule has 2 rings (SSSR count). The molecule has 0 bridgehead atoms. The van der Waals surface area contributed by atoms with Gasteiger partial charge in [0.15, 0.2) is 0 Å². The molecule has 0 spiro atoms. The van der Waals surface area contributed by atoms with Gasteiger partial charge in [-0.3, -0.25) is 4.98 Å². The van der Waals surface area contributed by atoms with Gasteiger partial charge in [0, 0.05) is 23.9 Å². The Morgan fingerprint density at radius 3 is 2.88 bits per heavy atom. The fourth-order valence-corrected chi connectivity index (χ4v) is 1.86. The van der Waals surface area contributed by atoms with Gasteiger partial charge in [-0.15, -0.1) is 0 Å². The van der Waals surface area contributed by atoms with Crippen LogP contribution in [0.15, 0.2) is 36.5 Å². The van der Waals surface area contributed by atoms with Crippen molar-refractivity contribution in [3.05, 3.63) is 42.1 Å². The summed E-state index contributed by atoms with van der Waals surface area (Å²) < 4.78 is 0. The summed E-state index contributed by atoms with van der Waals surface area (Å²) in [5, 5.41) is 19.0. The average Bonchev–Trinajstić information content (AvgIpc) is 2.35. The van der Waals surface area contributed by atoms with Crippen molar-refractivity contribution in [1.29, 1.82) is 5.26 Å². The average molecular weight is 212 g/mol. The van der Waals surface area contributed by atoms with Gasteiger partial charge in [0.25, 0.3) is 0 Å². The van der Waals surface area contributed by atoms with Gasteiger partial charge in [0.1, 0.15) is 0 Å². The molecule has 1 aromatic heterocycles. The Morgan fingerprint density at radius 2 is 2.12 bits per heavy atom. The molecule has 0 aliphatic heterocycles. The van der Waals surface area contributed by atoms with Crippen molar-refractivity contribution in [2.75, 3.05) is 6.61 Å². The van der Waals surface area contributed by atoms with Crippen LogP contribution >= 0.6 is 0 Å². The number of aliphatic hydroxyl groups excluding tert-OH is 1. The topological polar surface area (TPSA) is 56.9 Å². The molecule has 0 saturated heterocycles. The molecule has 0 fully saturated rings. The maximum atomic E-state index is 9.30. The van der Waals surface area contributed by atoms with Crippen molar-refractivity contribution in [3.8, 4) is 6.07 Å². The summed E-state index contributed by atoms with van der Waals surface area (Å²) in [6.07, 6.45) is 2.04. The zero-order chi connectivity index (χ0) is 11.4. The smallest absolute Gasteiger partial charge is 0.0704 e. The third-order valence-electron chi connectivity index (χ3n) is 2.68. The van der Waals surface area contributed by atoms with E-state index in [-0.39, 0.29) is 12.5 Å². The SMILES string of the molecule is N#CC[C@H](CO)c1ccnc2ccccc12. The number of fused-ring (bicyclic) bond motifs is 1. The molecule has 3 nitrogen and oxygen atoms in total. The van der Waals surface area contributed by atoms with E-state index >= 15 is 0 Å². The lowest BCUT2D eigenvalue weighted by atomic mass is 9.94. The summed E-state index contributed by atoms with van der Waals surface area (Å²) in [4.78, 5) is 4.25. The highest BCUT2D eigenvalue weighted by Gasteiger charge is 2.13. The molecule has 80 valence electrons. The number of rotatable bonds is 3. The maximum Gasteiger partial charge on any atom is 0.0704 e. The third kappa shape index (κ3) is 1.88. The van der Waals surface area contributed by atoms with Crippen LogP contribution in [0.3, 0.4) is 0 Å². The highest BCUT2D eigenvalue weighted by molar-refractivity contribution is 5.82. The summed E-state index contributed by atoms with van der Waals surface area (Å²) in [6, 6.07) is 11.7. The lowest BCUT2D eigenvalue weighted by molar-refractivity contribution is 0.267. The number of aliphatic hydroxyl groups is 1. The molecule has 0 amide bonds. The zero-order valence-corrected chi connectivity index (χ0v) is 8.80. The van der Waals surface area contributed by atoms with E-state index in [4.69, 9.17) is 5.26 Å². The van der Waals surface area contributed by atoms with Gasteiger partial charge in [0.05, 0.1) is 18.2 Å². The largest absolute Gasteiger partial charge is 0.396 e. The lowest BCUT2D eigenvalue weighted by Gasteiger charge is -2.13. The van der Waals surface area contributed by atoms with Gasteiger partial charge in [-0.1, -0.05) is 18.2 Å². The van der Waals surface area contributed by atoms with Gasteiger partial charge in [-0.25, -0.2) is 0 Å². The first kappa shape index (κ1) is 10.6. The summed E-state index contributed by atoms with van der Waals surface area (Å²) in [7, 11) is 0. The summed E-state index contributed by atoms with van der Waals surface area (Å²) in [5.74, 6) is -0.127. The Hall–Kier alpha value is -1.92. The third-order valence-corrected chi connectivity index (χ3v) is 2.68. The highest BCUT2D eigenvalue weighted by atomic mass is 16.3. The van der Waals surface area contributed by atoms with Crippen molar-refractivity contribution >= 4 is 10.9 Å². The molecule has 0 unspecified atom stereocenters. The monoisotopic (exact) mass is 212 g/mol. The molecule has 0 aliphatic carbocycles. The molecule has 1 N–H and O–H groups in total. The van der Waals surface area contributed by atoms with Crippen molar-refractivity contribution in [2.24, 2.45) is 0 Å². The number of nitriles is 1. The Labute approximate surface area is 94.0 Å². The van der Waals surface area contributed by atoms with Crippen LogP contribution in [0.1, 0.15) is 17.9 Å². The minimum absolute atomic E-state index is 0.0123. The van der Waals surface area contributed by atoms with Crippen LogP contribution in [0.2, 0.25) is 0 Å². The van der Waals surface area contributed by atoms with Crippen LogP contribution in [0, 0.1) is 11.3 Å². The second-order valence-electron chi connectivity index (χ2n) is 3.66. The highest BCUT2D eigenvalue weighted by Crippen LogP contribution is 2.25. The van der Waals surface area contributed by atoms with E-state index in [0.717, 1.165) is 16.5 Å². The summed E-state index contributed by atoms with van der Waals surface area (Å²) in [6.45, 7) is -0.0123. The van der Waals surface area contributed by atoms with Crippen LogP contribution in [0.25, 0.3) is 10.9 Å². The first-order valence-corrected chi connectivity index (χ1v) is 5.18. The molecular formula is C13H12N2O. The molecule has 0 radical (unpaired) electrons. The summed E-state index contributed by atoms with van der Waals surface area (Å²) in [5.41, 5.74) is 1.89. The number of benzene rings is 1.